The number of anilines is 3. The van der Waals surface area contributed by atoms with Crippen LogP contribution in [0.25, 0.3) is 75.1 Å². The van der Waals surface area contributed by atoms with Crippen molar-refractivity contribution in [2.45, 2.75) is 19.3 Å². The Hall–Kier alpha value is -6.16. The minimum absolute atomic E-state index is 0.0354. The quantitative estimate of drug-likeness (QED) is 0.184. The summed E-state index contributed by atoms with van der Waals surface area (Å²) in [5.41, 5.74) is 13.1. The van der Waals surface area contributed by atoms with Crippen molar-refractivity contribution in [3.05, 3.63) is 175 Å². The molecule has 10 aromatic rings. The molecule has 52 heavy (non-hydrogen) atoms. The molecule has 0 fully saturated rings. The van der Waals surface area contributed by atoms with Gasteiger partial charge in [0.25, 0.3) is 0 Å². The van der Waals surface area contributed by atoms with Gasteiger partial charge in [-0.15, -0.1) is 11.3 Å². The molecule has 2 aromatic heterocycles. The molecule has 0 spiro atoms. The lowest BCUT2D eigenvalue weighted by Crippen LogP contribution is -2.14. The topological polar surface area (TPSA) is 16.4 Å². The van der Waals surface area contributed by atoms with Crippen molar-refractivity contribution in [1.82, 2.24) is 0 Å². The van der Waals surface area contributed by atoms with Gasteiger partial charge < -0.3 is 9.32 Å². The van der Waals surface area contributed by atoms with Crippen molar-refractivity contribution in [3.63, 3.8) is 0 Å². The lowest BCUT2D eigenvalue weighted by Gasteiger charge is -2.26. The second-order valence-corrected chi connectivity index (χ2v) is 15.6. The predicted octanol–water partition coefficient (Wildman–Crippen LogP) is 14.6. The van der Waals surface area contributed by atoms with E-state index in [1.54, 1.807) is 0 Å². The van der Waals surface area contributed by atoms with E-state index < -0.39 is 0 Å². The third kappa shape index (κ3) is 4.17. The molecule has 8 aromatic carbocycles. The molecule has 246 valence electrons. The monoisotopic (exact) mass is 683 g/mol. The first-order chi connectivity index (χ1) is 25.5. The molecule has 1 aliphatic rings. The van der Waals surface area contributed by atoms with Gasteiger partial charge in [0.2, 0.25) is 0 Å². The van der Waals surface area contributed by atoms with Crippen LogP contribution < -0.4 is 4.90 Å². The van der Waals surface area contributed by atoms with Gasteiger partial charge in [0.05, 0.1) is 5.69 Å². The lowest BCUT2D eigenvalue weighted by atomic mass is 9.81. The van der Waals surface area contributed by atoms with Crippen molar-refractivity contribution in [1.29, 1.82) is 0 Å². The van der Waals surface area contributed by atoms with Crippen molar-refractivity contribution >= 4 is 81.3 Å². The van der Waals surface area contributed by atoms with Crippen LogP contribution in [0.1, 0.15) is 25.0 Å². The zero-order chi connectivity index (χ0) is 34.6. The molecule has 0 N–H and O–H groups in total. The molecule has 1 aliphatic carbocycles. The molecule has 2 heterocycles. The van der Waals surface area contributed by atoms with Crippen molar-refractivity contribution in [2.75, 3.05) is 4.90 Å². The average Bonchev–Trinajstić information content (AvgIpc) is 3.84. The summed E-state index contributed by atoms with van der Waals surface area (Å²) in [6.07, 6.45) is 0. The number of fused-ring (bicyclic) bond motifs is 12. The van der Waals surface area contributed by atoms with Crippen LogP contribution in [0.5, 0.6) is 0 Å². The lowest BCUT2D eigenvalue weighted by molar-refractivity contribution is 0.660. The van der Waals surface area contributed by atoms with Crippen LogP contribution in [0.4, 0.5) is 17.1 Å². The Bertz CT molecular complexity index is 3040. The maximum Gasteiger partial charge on any atom is 0.144 e. The summed E-state index contributed by atoms with van der Waals surface area (Å²) >= 11 is 1.83. The van der Waals surface area contributed by atoms with E-state index in [0.717, 1.165) is 33.6 Å². The SMILES string of the molecule is CC1(C)c2ccccc2-c2ccc(-c3ccc(N(c4ccccc4)c4cccc5sc6ccc7c(oc8ccc9ccccc9c87)c6c45)cc3)cc21. The van der Waals surface area contributed by atoms with Crippen LogP contribution in [0, 0.1) is 0 Å². The number of nitrogens with zero attached hydrogens (tertiary/aromatic N) is 1. The van der Waals surface area contributed by atoms with E-state index >= 15 is 0 Å². The highest BCUT2D eigenvalue weighted by molar-refractivity contribution is 7.26. The summed E-state index contributed by atoms with van der Waals surface area (Å²) in [4.78, 5) is 2.40. The van der Waals surface area contributed by atoms with Gasteiger partial charge in [0.1, 0.15) is 11.2 Å². The highest BCUT2D eigenvalue weighted by Gasteiger charge is 2.35. The largest absolute Gasteiger partial charge is 0.455 e. The minimum Gasteiger partial charge on any atom is -0.455 e. The van der Waals surface area contributed by atoms with E-state index in [4.69, 9.17) is 4.42 Å². The summed E-state index contributed by atoms with van der Waals surface area (Å²) in [6.45, 7) is 4.69. The first kappa shape index (κ1) is 29.6. The molecule has 0 unspecified atom stereocenters. The number of hydrogen-bond acceptors (Lipinski definition) is 3. The van der Waals surface area contributed by atoms with E-state index in [1.807, 2.05) is 11.3 Å². The van der Waals surface area contributed by atoms with Crippen LogP contribution in [-0.4, -0.2) is 0 Å². The number of rotatable bonds is 4. The van der Waals surface area contributed by atoms with Gasteiger partial charge in [-0.1, -0.05) is 117 Å². The summed E-state index contributed by atoms with van der Waals surface area (Å²) in [6, 6.07) is 59.7. The Morgan fingerprint density at radius 2 is 1.23 bits per heavy atom. The number of furan rings is 1. The molecular weight excluding hydrogens is 651 g/mol. The summed E-state index contributed by atoms with van der Waals surface area (Å²) < 4.78 is 9.27. The highest BCUT2D eigenvalue weighted by Crippen LogP contribution is 2.51. The van der Waals surface area contributed by atoms with E-state index in [2.05, 4.69) is 183 Å². The molecule has 0 bridgehead atoms. The molecule has 0 radical (unpaired) electrons. The molecule has 0 saturated carbocycles. The van der Waals surface area contributed by atoms with Crippen molar-refractivity contribution in [3.8, 4) is 22.3 Å². The highest BCUT2D eigenvalue weighted by atomic mass is 32.1. The standard InChI is InChI=1S/C49H33NOS/c1-49(2)39-16-9-8-15-36(39)37-25-21-32(29-40(37)49)30-19-23-34(24-20-30)50(33-12-4-3-5-13-33)41-17-10-18-43-46(41)47-44(52-43)28-26-38-45-35-14-7-6-11-31(35)22-27-42(45)51-48(38)47/h3-29H,1-2H3. The molecule has 11 rings (SSSR count). The van der Waals surface area contributed by atoms with Gasteiger partial charge >= 0.3 is 0 Å². The number of thiophene rings is 1. The van der Waals surface area contributed by atoms with Gasteiger partial charge in [-0.05, 0) is 105 Å². The molecule has 0 atom stereocenters. The smallest absolute Gasteiger partial charge is 0.144 e. The van der Waals surface area contributed by atoms with Crippen LogP contribution in [-0.2, 0) is 5.41 Å². The van der Waals surface area contributed by atoms with Crippen LogP contribution in [0.15, 0.2) is 168 Å². The van der Waals surface area contributed by atoms with Crippen molar-refractivity contribution in [2.24, 2.45) is 0 Å². The Balaban J connectivity index is 1.09. The molecule has 0 amide bonds. The average molecular weight is 684 g/mol. The van der Waals surface area contributed by atoms with E-state index in [1.165, 1.54) is 69.7 Å². The maximum atomic E-state index is 6.81. The second-order valence-electron chi connectivity index (χ2n) is 14.5. The summed E-state index contributed by atoms with van der Waals surface area (Å²) in [5.74, 6) is 0. The van der Waals surface area contributed by atoms with Gasteiger partial charge in [-0.2, -0.15) is 0 Å². The number of benzene rings is 8. The summed E-state index contributed by atoms with van der Waals surface area (Å²) in [5, 5.41) is 7.17. The molecule has 0 saturated heterocycles. The Kier molecular flexibility index (Phi) is 6.21. The van der Waals surface area contributed by atoms with Crippen LogP contribution in [0.2, 0.25) is 0 Å². The molecule has 3 heteroatoms. The van der Waals surface area contributed by atoms with Crippen molar-refractivity contribution < 1.29 is 4.42 Å². The zero-order valence-corrected chi connectivity index (χ0v) is 29.7. The Labute approximate surface area is 305 Å². The third-order valence-corrected chi connectivity index (χ3v) is 12.4. The molecular formula is C49H33NOS. The third-order valence-electron chi connectivity index (χ3n) is 11.3. The van der Waals surface area contributed by atoms with E-state index in [9.17, 15) is 0 Å². The van der Waals surface area contributed by atoms with E-state index in [0.29, 0.717) is 0 Å². The second kappa shape index (κ2) is 10.9. The van der Waals surface area contributed by atoms with Crippen LogP contribution >= 0.6 is 11.3 Å². The normalized spacial score (nSPS) is 13.3. The Morgan fingerprint density at radius 3 is 2.12 bits per heavy atom. The predicted molar refractivity (Wildman–Crippen MR) is 222 cm³/mol. The van der Waals surface area contributed by atoms with Gasteiger partial charge in [-0.3, -0.25) is 0 Å². The minimum atomic E-state index is -0.0354. The fourth-order valence-electron chi connectivity index (χ4n) is 8.77. The molecule has 0 aliphatic heterocycles. The fraction of sp³-hybridized carbons (Fsp3) is 0.0612. The Morgan fingerprint density at radius 1 is 0.500 bits per heavy atom. The number of para-hydroxylation sites is 1. The number of hydrogen-bond donors (Lipinski definition) is 0. The summed E-state index contributed by atoms with van der Waals surface area (Å²) in [7, 11) is 0. The van der Waals surface area contributed by atoms with Gasteiger partial charge in [0, 0.05) is 47.7 Å². The molecule has 2 nitrogen and oxygen atoms in total. The van der Waals surface area contributed by atoms with Gasteiger partial charge in [0.15, 0.2) is 0 Å². The first-order valence-corrected chi connectivity index (χ1v) is 18.7. The van der Waals surface area contributed by atoms with E-state index in [-0.39, 0.29) is 5.41 Å². The fourth-order valence-corrected chi connectivity index (χ4v) is 9.89. The zero-order valence-electron chi connectivity index (χ0n) is 28.9. The first-order valence-electron chi connectivity index (χ1n) is 17.9. The van der Waals surface area contributed by atoms with Crippen LogP contribution in [0.3, 0.4) is 0 Å². The maximum absolute atomic E-state index is 6.81. The van der Waals surface area contributed by atoms with Gasteiger partial charge in [-0.25, -0.2) is 0 Å².